The number of furan rings is 1. The van der Waals surface area contributed by atoms with Crippen molar-refractivity contribution in [3.63, 3.8) is 0 Å². The fourth-order valence-electron chi connectivity index (χ4n) is 3.17. The monoisotopic (exact) mass is 352 g/mol. The van der Waals surface area contributed by atoms with E-state index in [1.807, 2.05) is 19.1 Å². The number of anilines is 1. The minimum absolute atomic E-state index is 0.230. The van der Waals surface area contributed by atoms with Crippen LogP contribution >= 0.6 is 0 Å². The summed E-state index contributed by atoms with van der Waals surface area (Å²) in [6, 6.07) is 10.7. The van der Waals surface area contributed by atoms with Crippen LogP contribution in [-0.4, -0.2) is 17.7 Å². The van der Waals surface area contributed by atoms with Gasteiger partial charge in [-0.1, -0.05) is 19.1 Å². The predicted octanol–water partition coefficient (Wildman–Crippen LogP) is 3.02. The van der Waals surface area contributed by atoms with Crippen LogP contribution in [0.15, 0.2) is 53.2 Å². The van der Waals surface area contributed by atoms with E-state index in [1.165, 1.54) is 12.3 Å². The van der Waals surface area contributed by atoms with E-state index in [9.17, 15) is 14.4 Å². The van der Waals surface area contributed by atoms with Crippen LogP contribution < -0.4 is 10.6 Å². The highest BCUT2D eigenvalue weighted by atomic mass is 16.3. The molecule has 6 nitrogen and oxygen atoms in total. The van der Waals surface area contributed by atoms with Crippen LogP contribution in [0.5, 0.6) is 0 Å². The molecule has 1 aromatic carbocycles. The normalized spacial score (nSPS) is 20.2. The van der Waals surface area contributed by atoms with E-state index in [4.69, 9.17) is 4.42 Å². The first-order valence-electron chi connectivity index (χ1n) is 8.51. The molecule has 1 unspecified atom stereocenters. The number of piperidine rings is 1. The number of rotatable bonds is 5. The minimum Gasteiger partial charge on any atom is -0.465 e. The van der Waals surface area contributed by atoms with Crippen molar-refractivity contribution in [3.8, 4) is 0 Å². The quantitative estimate of drug-likeness (QED) is 0.639. The van der Waals surface area contributed by atoms with Crippen LogP contribution in [0, 0.1) is 0 Å². The maximum Gasteiger partial charge on any atom is 0.248 e. The smallest absolute Gasteiger partial charge is 0.248 e. The van der Waals surface area contributed by atoms with E-state index >= 15 is 0 Å². The zero-order chi connectivity index (χ0) is 18.6. The van der Waals surface area contributed by atoms with Gasteiger partial charge in [0.25, 0.3) is 0 Å². The lowest BCUT2D eigenvalue weighted by molar-refractivity contribution is -0.138. The molecule has 0 spiro atoms. The van der Waals surface area contributed by atoms with E-state index in [0.717, 1.165) is 5.56 Å². The van der Waals surface area contributed by atoms with Gasteiger partial charge >= 0.3 is 0 Å². The third kappa shape index (κ3) is 3.59. The van der Waals surface area contributed by atoms with Gasteiger partial charge < -0.3 is 9.73 Å². The summed E-state index contributed by atoms with van der Waals surface area (Å²) < 4.78 is 5.13. The average Bonchev–Trinajstić information content (AvgIpc) is 3.15. The van der Waals surface area contributed by atoms with Gasteiger partial charge in [0.2, 0.25) is 17.7 Å². The molecule has 1 aliphatic rings. The summed E-state index contributed by atoms with van der Waals surface area (Å²) in [5, 5.41) is 5.19. The fraction of sp³-hybridized carbons (Fsp3) is 0.250. The van der Waals surface area contributed by atoms with Crippen molar-refractivity contribution in [1.82, 2.24) is 5.32 Å². The number of carbonyl (C=O) groups is 3. The van der Waals surface area contributed by atoms with Gasteiger partial charge in [0.15, 0.2) is 0 Å². The van der Waals surface area contributed by atoms with Crippen molar-refractivity contribution in [2.75, 3.05) is 5.32 Å². The van der Waals surface area contributed by atoms with Crippen molar-refractivity contribution >= 4 is 29.5 Å². The van der Waals surface area contributed by atoms with E-state index in [2.05, 4.69) is 10.6 Å². The van der Waals surface area contributed by atoms with Gasteiger partial charge in [0, 0.05) is 18.2 Å². The summed E-state index contributed by atoms with van der Waals surface area (Å²) in [6.45, 7) is 1.94. The summed E-state index contributed by atoms with van der Waals surface area (Å²) in [4.78, 5) is 35.8. The molecule has 26 heavy (non-hydrogen) atoms. The highest BCUT2D eigenvalue weighted by Gasteiger charge is 2.42. The Bertz CT molecular complexity index is 837. The number of hydrogen-bond donors (Lipinski definition) is 2. The van der Waals surface area contributed by atoms with Crippen LogP contribution in [-0.2, 0) is 19.8 Å². The average molecular weight is 352 g/mol. The first-order chi connectivity index (χ1) is 12.5. The summed E-state index contributed by atoms with van der Waals surface area (Å²) in [5.41, 5.74) is 0.769. The third-order valence-corrected chi connectivity index (χ3v) is 4.72. The molecule has 6 heteroatoms. The lowest BCUT2D eigenvalue weighted by atomic mass is 9.72. The number of hydrogen-bond acceptors (Lipinski definition) is 4. The second-order valence-corrected chi connectivity index (χ2v) is 6.23. The molecule has 1 aliphatic heterocycles. The van der Waals surface area contributed by atoms with Crippen LogP contribution in [0.2, 0.25) is 0 Å². The molecule has 3 rings (SSSR count). The lowest BCUT2D eigenvalue weighted by Gasteiger charge is -2.35. The number of amides is 3. The van der Waals surface area contributed by atoms with Crippen LogP contribution in [0.1, 0.15) is 37.5 Å². The third-order valence-electron chi connectivity index (χ3n) is 4.72. The molecule has 0 bridgehead atoms. The number of nitrogens with one attached hydrogen (secondary N) is 2. The Balaban J connectivity index is 1.70. The highest BCUT2D eigenvalue weighted by Crippen LogP contribution is 2.36. The molecule has 0 radical (unpaired) electrons. The molecule has 134 valence electrons. The van der Waals surface area contributed by atoms with Gasteiger partial charge in [-0.2, -0.15) is 0 Å². The second kappa shape index (κ2) is 7.39. The van der Waals surface area contributed by atoms with E-state index in [-0.39, 0.29) is 17.7 Å². The molecule has 0 saturated carbocycles. The van der Waals surface area contributed by atoms with Gasteiger partial charge in [-0.05, 0) is 48.7 Å². The molecule has 2 N–H and O–H groups in total. The topological polar surface area (TPSA) is 88.4 Å². The molecule has 1 atom stereocenters. The van der Waals surface area contributed by atoms with Crippen molar-refractivity contribution in [1.29, 1.82) is 0 Å². The molecule has 0 aliphatic carbocycles. The molecule has 2 heterocycles. The minimum atomic E-state index is -0.699. The molecule has 3 amide bonds. The van der Waals surface area contributed by atoms with Crippen molar-refractivity contribution in [2.24, 2.45) is 0 Å². The van der Waals surface area contributed by atoms with Crippen molar-refractivity contribution in [3.05, 3.63) is 60.1 Å². The summed E-state index contributed by atoms with van der Waals surface area (Å²) >= 11 is 0. The SMILES string of the molecule is CCC1(c2ccc(NC(=O)C=Cc3ccco3)cc2)CCC(=O)NC1=O. The van der Waals surface area contributed by atoms with Crippen LogP contribution in [0.3, 0.4) is 0 Å². The molecule has 1 saturated heterocycles. The number of benzene rings is 1. The Morgan fingerprint density at radius 2 is 2.04 bits per heavy atom. The first-order valence-corrected chi connectivity index (χ1v) is 8.51. The predicted molar refractivity (Wildman–Crippen MR) is 97.2 cm³/mol. The summed E-state index contributed by atoms with van der Waals surface area (Å²) in [7, 11) is 0. The molecule has 1 aromatic heterocycles. The van der Waals surface area contributed by atoms with Crippen molar-refractivity contribution in [2.45, 2.75) is 31.6 Å². The number of carbonyl (C=O) groups excluding carboxylic acids is 3. The zero-order valence-electron chi connectivity index (χ0n) is 14.5. The standard InChI is InChI=1S/C20H20N2O4/c1-2-20(12-11-18(24)22-19(20)25)14-5-7-15(8-6-14)21-17(23)10-9-16-4-3-13-26-16/h3-10,13H,2,11-12H2,1H3,(H,21,23)(H,22,24,25). The Hall–Kier alpha value is -3.15. The second-order valence-electron chi connectivity index (χ2n) is 6.23. The largest absolute Gasteiger partial charge is 0.465 e. The Labute approximate surface area is 151 Å². The van der Waals surface area contributed by atoms with Crippen LogP contribution in [0.25, 0.3) is 6.08 Å². The van der Waals surface area contributed by atoms with E-state index in [0.29, 0.717) is 30.7 Å². The lowest BCUT2D eigenvalue weighted by Crippen LogP contribution is -2.51. The van der Waals surface area contributed by atoms with Gasteiger partial charge in [-0.15, -0.1) is 0 Å². The fourth-order valence-corrected chi connectivity index (χ4v) is 3.17. The van der Waals surface area contributed by atoms with Gasteiger partial charge in [-0.25, -0.2) is 0 Å². The van der Waals surface area contributed by atoms with Crippen molar-refractivity contribution < 1.29 is 18.8 Å². The summed E-state index contributed by atoms with van der Waals surface area (Å²) in [5.74, 6) is -0.167. The Morgan fingerprint density at radius 3 is 2.65 bits per heavy atom. The van der Waals surface area contributed by atoms with Gasteiger partial charge in [0.1, 0.15) is 5.76 Å². The maximum atomic E-state index is 12.4. The number of imide groups is 1. The van der Waals surface area contributed by atoms with E-state index < -0.39 is 5.41 Å². The van der Waals surface area contributed by atoms with Crippen LogP contribution in [0.4, 0.5) is 5.69 Å². The Morgan fingerprint density at radius 1 is 1.27 bits per heavy atom. The molecule has 2 aromatic rings. The van der Waals surface area contributed by atoms with E-state index in [1.54, 1.807) is 30.3 Å². The first kappa shape index (κ1) is 17.7. The highest BCUT2D eigenvalue weighted by molar-refractivity contribution is 6.04. The van der Waals surface area contributed by atoms with Gasteiger partial charge in [-0.3, -0.25) is 19.7 Å². The van der Waals surface area contributed by atoms with Gasteiger partial charge in [0.05, 0.1) is 11.7 Å². The summed E-state index contributed by atoms with van der Waals surface area (Å²) in [6.07, 6.45) is 5.93. The zero-order valence-corrected chi connectivity index (χ0v) is 14.5. The Kier molecular flexibility index (Phi) is 5.02. The maximum absolute atomic E-state index is 12.4. The molecule has 1 fully saturated rings. The molecular weight excluding hydrogens is 332 g/mol. The molecular formula is C20H20N2O4.